The van der Waals surface area contributed by atoms with Gasteiger partial charge < -0.3 is 19.7 Å². The molecule has 0 bridgehead atoms. The predicted octanol–water partition coefficient (Wildman–Crippen LogP) is 6.39. The first-order valence-electron chi connectivity index (χ1n) is 12.4. The second-order valence-electron chi connectivity index (χ2n) is 7.33. The Hall–Kier alpha value is -2.36. The predicted molar refractivity (Wildman–Crippen MR) is 117 cm³/mol. The standard InChI is InChI=1S/C24H36O4/c1-16(2)10-8-11-17(3)12-9-13-18(4)14-15-20-19(5)21(25)23(27-6)24(28-7)22(20)26/h10,12,14,25-26H,8-9,11,13,15H2,1-7H3/b17-12+,18-14+/i6D3,7D3. The molecule has 0 aliphatic heterocycles. The van der Waals surface area contributed by atoms with E-state index < -0.39 is 37.1 Å². The maximum absolute atomic E-state index is 10.7. The van der Waals surface area contributed by atoms with Gasteiger partial charge in [0.2, 0.25) is 11.5 Å². The molecule has 28 heavy (non-hydrogen) atoms. The molecular weight excluding hydrogens is 352 g/mol. The first-order chi connectivity index (χ1) is 15.5. The van der Waals surface area contributed by atoms with Crippen molar-refractivity contribution in [2.75, 3.05) is 14.1 Å². The van der Waals surface area contributed by atoms with Gasteiger partial charge in [0.1, 0.15) is 0 Å². The van der Waals surface area contributed by atoms with Gasteiger partial charge in [-0.1, -0.05) is 34.9 Å². The van der Waals surface area contributed by atoms with Crippen LogP contribution in [-0.4, -0.2) is 24.3 Å². The molecule has 2 N–H and O–H groups in total. The van der Waals surface area contributed by atoms with Crippen LogP contribution in [0.2, 0.25) is 0 Å². The van der Waals surface area contributed by atoms with Crippen molar-refractivity contribution in [3.05, 3.63) is 46.1 Å². The molecule has 0 saturated heterocycles. The largest absolute Gasteiger partial charge is 0.504 e. The van der Waals surface area contributed by atoms with E-state index in [2.05, 4.69) is 32.9 Å². The molecule has 1 aromatic carbocycles. The van der Waals surface area contributed by atoms with Crippen LogP contribution in [-0.2, 0) is 6.42 Å². The van der Waals surface area contributed by atoms with Crippen LogP contribution in [0.4, 0.5) is 0 Å². The van der Waals surface area contributed by atoms with Gasteiger partial charge in [-0.05, 0) is 66.7 Å². The van der Waals surface area contributed by atoms with Gasteiger partial charge in [-0.15, -0.1) is 0 Å². The summed E-state index contributed by atoms with van der Waals surface area (Å²) >= 11 is 0. The second-order valence-corrected chi connectivity index (χ2v) is 7.33. The zero-order valence-corrected chi connectivity index (χ0v) is 17.5. The van der Waals surface area contributed by atoms with Crippen molar-refractivity contribution >= 4 is 0 Å². The number of hydrogen-bond donors (Lipinski definition) is 2. The molecule has 0 aliphatic rings. The van der Waals surface area contributed by atoms with Crippen molar-refractivity contribution < 1.29 is 27.9 Å². The fraction of sp³-hybridized carbons (Fsp3) is 0.500. The summed E-state index contributed by atoms with van der Waals surface area (Å²) in [7, 11) is -5.98. The lowest BCUT2D eigenvalue weighted by Crippen LogP contribution is -1.98. The molecule has 0 heterocycles. The number of benzene rings is 1. The number of aromatic hydroxyl groups is 2. The fourth-order valence-electron chi connectivity index (χ4n) is 2.90. The van der Waals surface area contributed by atoms with Gasteiger partial charge in [-0.3, -0.25) is 0 Å². The molecule has 0 aliphatic carbocycles. The van der Waals surface area contributed by atoms with E-state index in [-0.39, 0.29) is 17.5 Å². The zero-order chi connectivity index (χ0) is 26.3. The van der Waals surface area contributed by atoms with E-state index in [1.807, 2.05) is 13.0 Å². The first kappa shape index (κ1) is 15.5. The summed E-state index contributed by atoms with van der Waals surface area (Å²) in [5.74, 6) is -2.63. The highest BCUT2D eigenvalue weighted by molar-refractivity contribution is 5.66. The Kier molecular flexibility index (Phi) is 6.37. The molecule has 0 spiro atoms. The Bertz CT molecular complexity index is 936. The minimum Gasteiger partial charge on any atom is -0.504 e. The first-order valence-corrected chi connectivity index (χ1v) is 9.42. The Balaban J connectivity index is 3.10. The number of rotatable bonds is 10. The highest BCUT2D eigenvalue weighted by Crippen LogP contribution is 2.48. The molecule has 0 amide bonds. The average Bonchev–Trinajstić information content (AvgIpc) is 2.67. The molecule has 0 saturated carbocycles. The third kappa shape index (κ3) is 6.66. The summed E-state index contributed by atoms with van der Waals surface area (Å²) < 4.78 is 53.4. The summed E-state index contributed by atoms with van der Waals surface area (Å²) in [4.78, 5) is 0. The fourth-order valence-corrected chi connectivity index (χ4v) is 2.90. The van der Waals surface area contributed by atoms with E-state index in [1.54, 1.807) is 0 Å². The summed E-state index contributed by atoms with van der Waals surface area (Å²) in [6.07, 6.45) is 10.2. The minimum atomic E-state index is -3.00. The minimum absolute atomic E-state index is 0.175. The van der Waals surface area contributed by atoms with Crippen molar-refractivity contribution in [1.82, 2.24) is 0 Å². The molecule has 4 nitrogen and oxygen atoms in total. The van der Waals surface area contributed by atoms with Crippen LogP contribution in [0.3, 0.4) is 0 Å². The molecule has 0 radical (unpaired) electrons. The highest BCUT2D eigenvalue weighted by atomic mass is 16.5. The molecular formula is C24H36O4. The van der Waals surface area contributed by atoms with Crippen LogP contribution in [0.15, 0.2) is 34.9 Å². The molecule has 0 fully saturated rings. The third-order valence-corrected chi connectivity index (χ3v) is 4.71. The number of methoxy groups -OCH3 is 2. The van der Waals surface area contributed by atoms with Crippen LogP contribution in [0.1, 0.15) is 72.7 Å². The molecule has 0 unspecified atom stereocenters. The lowest BCUT2D eigenvalue weighted by Gasteiger charge is -2.17. The van der Waals surface area contributed by atoms with Crippen LogP contribution in [0.5, 0.6) is 23.0 Å². The van der Waals surface area contributed by atoms with E-state index in [4.69, 9.17) is 17.7 Å². The average molecular weight is 395 g/mol. The highest BCUT2D eigenvalue weighted by Gasteiger charge is 2.22. The van der Waals surface area contributed by atoms with E-state index in [0.717, 1.165) is 31.3 Å². The SMILES string of the molecule is [2H]C([2H])([2H])Oc1c(O)c(C)c(C/C=C(\C)CC/C=C(\C)CCC=C(C)C)c(O)c1OC([2H])([2H])[2H]. The molecule has 1 aromatic rings. The Labute approximate surface area is 178 Å². The van der Waals surface area contributed by atoms with Gasteiger partial charge in [-0.2, -0.15) is 0 Å². The summed E-state index contributed by atoms with van der Waals surface area (Å²) in [6.45, 7) is 9.71. The molecule has 1 rings (SSSR count). The van der Waals surface area contributed by atoms with Crippen LogP contribution in [0, 0.1) is 6.92 Å². The van der Waals surface area contributed by atoms with Crippen molar-refractivity contribution in [3.63, 3.8) is 0 Å². The second kappa shape index (κ2) is 11.5. The Morgan fingerprint density at radius 1 is 0.857 bits per heavy atom. The van der Waals surface area contributed by atoms with Crippen LogP contribution in [0.25, 0.3) is 0 Å². The van der Waals surface area contributed by atoms with Crippen LogP contribution >= 0.6 is 0 Å². The van der Waals surface area contributed by atoms with Gasteiger partial charge in [0.05, 0.1) is 22.3 Å². The molecule has 0 atom stereocenters. The molecule has 4 heteroatoms. The van der Waals surface area contributed by atoms with E-state index in [1.165, 1.54) is 18.1 Å². The summed E-state index contributed by atoms with van der Waals surface area (Å²) in [6, 6.07) is 0. The smallest absolute Gasteiger partial charge is 0.207 e. The van der Waals surface area contributed by atoms with Crippen molar-refractivity contribution in [2.24, 2.45) is 0 Å². The number of hydrogen-bond acceptors (Lipinski definition) is 4. The Morgan fingerprint density at radius 3 is 1.96 bits per heavy atom. The lowest BCUT2D eigenvalue weighted by molar-refractivity contribution is 0.314. The normalized spacial score (nSPS) is 16.2. The third-order valence-electron chi connectivity index (χ3n) is 4.71. The van der Waals surface area contributed by atoms with E-state index in [9.17, 15) is 10.2 Å². The van der Waals surface area contributed by atoms with E-state index >= 15 is 0 Å². The lowest BCUT2D eigenvalue weighted by atomic mass is 9.99. The van der Waals surface area contributed by atoms with Gasteiger partial charge >= 0.3 is 0 Å². The Morgan fingerprint density at radius 2 is 1.39 bits per heavy atom. The topological polar surface area (TPSA) is 58.9 Å². The maximum Gasteiger partial charge on any atom is 0.207 e. The van der Waals surface area contributed by atoms with Gasteiger partial charge in [0, 0.05) is 11.1 Å². The zero-order valence-electron chi connectivity index (χ0n) is 23.5. The molecule has 0 aromatic heterocycles. The summed E-state index contributed by atoms with van der Waals surface area (Å²) in [5, 5.41) is 21.3. The number of phenols is 2. The quantitative estimate of drug-likeness (QED) is 0.357. The van der Waals surface area contributed by atoms with Crippen molar-refractivity contribution in [1.29, 1.82) is 0 Å². The maximum atomic E-state index is 10.7. The van der Waals surface area contributed by atoms with Crippen LogP contribution < -0.4 is 9.47 Å². The number of allylic oxidation sites excluding steroid dienone is 6. The van der Waals surface area contributed by atoms with Gasteiger partial charge in [0.15, 0.2) is 11.5 Å². The van der Waals surface area contributed by atoms with E-state index in [0.29, 0.717) is 0 Å². The summed E-state index contributed by atoms with van der Waals surface area (Å²) in [5.41, 5.74) is 4.07. The monoisotopic (exact) mass is 394 g/mol. The van der Waals surface area contributed by atoms with Crippen molar-refractivity contribution in [2.45, 2.75) is 66.7 Å². The molecule has 156 valence electrons. The van der Waals surface area contributed by atoms with Crippen molar-refractivity contribution in [3.8, 4) is 23.0 Å². The van der Waals surface area contributed by atoms with Gasteiger partial charge in [-0.25, -0.2) is 0 Å². The number of ether oxygens (including phenoxy) is 2. The van der Waals surface area contributed by atoms with Gasteiger partial charge in [0.25, 0.3) is 0 Å². The number of phenolic OH excluding ortho intramolecular Hbond substituents is 2.